The average molecular weight is 253 g/mol. The Balaban J connectivity index is 2.53. The van der Waals surface area contributed by atoms with E-state index in [2.05, 4.69) is 48.3 Å². The highest BCUT2D eigenvalue weighted by atomic mass is 16.5. The van der Waals surface area contributed by atoms with Crippen LogP contribution >= 0.6 is 0 Å². The Morgan fingerprint density at radius 2 is 2.00 bits per heavy atom. The number of fused-ring (bicyclic) bond motifs is 1. The third kappa shape index (κ3) is 2.89. The van der Waals surface area contributed by atoms with Gasteiger partial charge < -0.3 is 10.1 Å². The van der Waals surface area contributed by atoms with E-state index in [1.807, 2.05) is 26.1 Å². The second kappa shape index (κ2) is 6.26. The highest BCUT2D eigenvalue weighted by molar-refractivity contribution is 5.89. The molecule has 2 aromatic rings. The van der Waals surface area contributed by atoms with Crippen molar-refractivity contribution >= 4 is 10.8 Å². The van der Waals surface area contributed by atoms with Crippen molar-refractivity contribution in [3.8, 4) is 17.6 Å². The van der Waals surface area contributed by atoms with E-state index in [0.717, 1.165) is 11.1 Å². The molecule has 0 bridgehead atoms. The van der Waals surface area contributed by atoms with E-state index >= 15 is 0 Å². The highest BCUT2D eigenvalue weighted by Crippen LogP contribution is 2.33. The van der Waals surface area contributed by atoms with E-state index < -0.39 is 0 Å². The van der Waals surface area contributed by atoms with E-state index in [-0.39, 0.29) is 6.04 Å². The van der Waals surface area contributed by atoms with Gasteiger partial charge in [0.25, 0.3) is 0 Å². The van der Waals surface area contributed by atoms with Gasteiger partial charge in [-0.1, -0.05) is 42.3 Å². The lowest BCUT2D eigenvalue weighted by Gasteiger charge is -2.17. The van der Waals surface area contributed by atoms with Crippen molar-refractivity contribution in [3.05, 3.63) is 42.0 Å². The van der Waals surface area contributed by atoms with E-state index in [0.29, 0.717) is 6.61 Å². The third-order valence-corrected chi connectivity index (χ3v) is 3.28. The van der Waals surface area contributed by atoms with Gasteiger partial charge in [0, 0.05) is 17.0 Å². The van der Waals surface area contributed by atoms with E-state index in [4.69, 9.17) is 4.74 Å². The zero-order valence-electron chi connectivity index (χ0n) is 11.7. The van der Waals surface area contributed by atoms with Crippen LogP contribution in [0.1, 0.15) is 25.5 Å². The molecule has 0 amide bonds. The maximum Gasteiger partial charge on any atom is 0.149 e. The van der Waals surface area contributed by atoms with Gasteiger partial charge in [0.1, 0.15) is 12.4 Å². The number of nitrogens with one attached hydrogen (secondary N) is 1. The SMILES string of the molecule is CC#CCOc1c(C(C)NC)ccc2ccccc12. The van der Waals surface area contributed by atoms with Crippen LogP contribution in [0, 0.1) is 11.8 Å². The van der Waals surface area contributed by atoms with E-state index in [9.17, 15) is 0 Å². The Hall–Kier alpha value is -1.98. The standard InChI is InChI=1S/C17H19NO/c1-4-5-12-19-17-15(13(2)18-3)11-10-14-8-6-7-9-16(14)17/h6-11,13,18H,12H2,1-3H3. The van der Waals surface area contributed by atoms with Gasteiger partial charge in [-0.05, 0) is 26.3 Å². The number of hydrogen-bond acceptors (Lipinski definition) is 2. The lowest BCUT2D eigenvalue weighted by Crippen LogP contribution is -2.14. The number of hydrogen-bond donors (Lipinski definition) is 1. The summed E-state index contributed by atoms with van der Waals surface area (Å²) in [5.74, 6) is 6.74. The van der Waals surface area contributed by atoms with Gasteiger partial charge >= 0.3 is 0 Å². The molecule has 19 heavy (non-hydrogen) atoms. The molecule has 2 aromatic carbocycles. The van der Waals surface area contributed by atoms with Crippen molar-refractivity contribution in [1.29, 1.82) is 0 Å². The zero-order valence-corrected chi connectivity index (χ0v) is 11.7. The summed E-state index contributed by atoms with van der Waals surface area (Å²) in [7, 11) is 1.95. The van der Waals surface area contributed by atoms with Gasteiger partial charge in [0.15, 0.2) is 0 Å². The van der Waals surface area contributed by atoms with Crippen LogP contribution in [0.3, 0.4) is 0 Å². The predicted molar refractivity (Wildman–Crippen MR) is 80.4 cm³/mol. The van der Waals surface area contributed by atoms with Crippen LogP contribution < -0.4 is 10.1 Å². The molecule has 0 aliphatic carbocycles. The Labute approximate surface area is 114 Å². The number of ether oxygens (including phenoxy) is 1. The molecule has 0 aliphatic rings. The van der Waals surface area contributed by atoms with Crippen molar-refractivity contribution in [2.24, 2.45) is 0 Å². The fraction of sp³-hybridized carbons (Fsp3) is 0.294. The average Bonchev–Trinajstić information content (AvgIpc) is 2.46. The molecule has 0 radical (unpaired) electrons. The first-order valence-corrected chi connectivity index (χ1v) is 6.49. The second-order valence-corrected chi connectivity index (χ2v) is 4.43. The quantitative estimate of drug-likeness (QED) is 0.842. The first-order valence-electron chi connectivity index (χ1n) is 6.49. The fourth-order valence-corrected chi connectivity index (χ4v) is 2.10. The topological polar surface area (TPSA) is 21.3 Å². The lowest BCUT2D eigenvalue weighted by atomic mass is 10.0. The maximum atomic E-state index is 5.90. The molecule has 0 saturated heterocycles. The molecule has 2 nitrogen and oxygen atoms in total. The molecule has 0 fully saturated rings. The molecule has 1 N–H and O–H groups in total. The summed E-state index contributed by atoms with van der Waals surface area (Å²) >= 11 is 0. The molecule has 0 aromatic heterocycles. The lowest BCUT2D eigenvalue weighted by molar-refractivity contribution is 0.366. The summed E-state index contributed by atoms with van der Waals surface area (Å²) in [6.45, 7) is 4.38. The van der Waals surface area contributed by atoms with Crippen LogP contribution in [0.25, 0.3) is 10.8 Å². The fourth-order valence-electron chi connectivity index (χ4n) is 2.10. The van der Waals surface area contributed by atoms with Crippen molar-refractivity contribution in [3.63, 3.8) is 0 Å². The minimum atomic E-state index is 0.245. The van der Waals surface area contributed by atoms with Gasteiger partial charge in [-0.15, -0.1) is 5.92 Å². The van der Waals surface area contributed by atoms with E-state index in [1.165, 1.54) is 10.9 Å². The molecule has 0 saturated carbocycles. The van der Waals surface area contributed by atoms with Gasteiger partial charge in [-0.25, -0.2) is 0 Å². The number of rotatable bonds is 4. The molecule has 1 unspecified atom stereocenters. The molecule has 2 heteroatoms. The summed E-state index contributed by atoms with van der Waals surface area (Å²) in [6, 6.07) is 12.8. The summed E-state index contributed by atoms with van der Waals surface area (Å²) < 4.78 is 5.90. The van der Waals surface area contributed by atoms with Gasteiger partial charge in [-0.3, -0.25) is 0 Å². The third-order valence-electron chi connectivity index (χ3n) is 3.28. The van der Waals surface area contributed by atoms with E-state index in [1.54, 1.807) is 0 Å². The largest absolute Gasteiger partial charge is 0.480 e. The molecule has 1 atom stereocenters. The summed E-state index contributed by atoms with van der Waals surface area (Å²) in [5, 5.41) is 5.59. The maximum absolute atomic E-state index is 5.90. The molecule has 2 rings (SSSR count). The van der Waals surface area contributed by atoms with Gasteiger partial charge in [0.2, 0.25) is 0 Å². The molecular formula is C17H19NO. The van der Waals surface area contributed by atoms with Crippen LogP contribution in [0.4, 0.5) is 0 Å². The van der Waals surface area contributed by atoms with Crippen molar-refractivity contribution in [1.82, 2.24) is 5.32 Å². The normalized spacial score (nSPS) is 11.7. The van der Waals surface area contributed by atoms with Crippen molar-refractivity contribution in [2.45, 2.75) is 19.9 Å². The van der Waals surface area contributed by atoms with Gasteiger partial charge in [-0.2, -0.15) is 0 Å². The van der Waals surface area contributed by atoms with Crippen LogP contribution in [-0.4, -0.2) is 13.7 Å². The molecular weight excluding hydrogens is 234 g/mol. The predicted octanol–water partition coefficient (Wildman–Crippen LogP) is 3.52. The summed E-state index contributed by atoms with van der Waals surface area (Å²) in [5.41, 5.74) is 1.17. The first kappa shape index (κ1) is 13.5. The van der Waals surface area contributed by atoms with Crippen LogP contribution in [0.15, 0.2) is 36.4 Å². The van der Waals surface area contributed by atoms with Gasteiger partial charge in [0.05, 0.1) is 0 Å². The Bertz CT molecular complexity index is 622. The van der Waals surface area contributed by atoms with Crippen LogP contribution in [-0.2, 0) is 0 Å². The summed E-state index contributed by atoms with van der Waals surface area (Å²) in [4.78, 5) is 0. The molecule has 0 spiro atoms. The molecule has 98 valence electrons. The first-order chi connectivity index (χ1) is 9.27. The minimum absolute atomic E-state index is 0.245. The smallest absolute Gasteiger partial charge is 0.149 e. The van der Waals surface area contributed by atoms with Crippen molar-refractivity contribution in [2.75, 3.05) is 13.7 Å². The van der Waals surface area contributed by atoms with Crippen LogP contribution in [0.2, 0.25) is 0 Å². The Morgan fingerprint density at radius 1 is 1.21 bits per heavy atom. The molecule has 0 aliphatic heterocycles. The Kier molecular flexibility index (Phi) is 4.43. The minimum Gasteiger partial charge on any atom is -0.480 e. The monoisotopic (exact) mass is 253 g/mol. The zero-order chi connectivity index (χ0) is 13.7. The second-order valence-electron chi connectivity index (χ2n) is 4.43. The summed E-state index contributed by atoms with van der Waals surface area (Å²) in [6.07, 6.45) is 0. The number of benzene rings is 2. The van der Waals surface area contributed by atoms with Crippen LogP contribution in [0.5, 0.6) is 5.75 Å². The highest BCUT2D eigenvalue weighted by Gasteiger charge is 2.13. The molecule has 0 heterocycles. The van der Waals surface area contributed by atoms with Crippen molar-refractivity contribution < 1.29 is 4.74 Å². The Morgan fingerprint density at radius 3 is 2.74 bits per heavy atom.